The van der Waals surface area contributed by atoms with E-state index in [1.807, 2.05) is 0 Å². The predicted octanol–water partition coefficient (Wildman–Crippen LogP) is 1.25. The first-order valence-corrected chi connectivity index (χ1v) is 6.88. The topological polar surface area (TPSA) is 66.4 Å². The van der Waals surface area contributed by atoms with Gasteiger partial charge in [-0.3, -0.25) is 9.59 Å². The van der Waals surface area contributed by atoms with Crippen LogP contribution in [0.2, 0.25) is 0 Å². The number of thioether (sulfide) groups is 1. The summed E-state index contributed by atoms with van der Waals surface area (Å²) in [7, 11) is 0. The Balaban J connectivity index is 1.90. The average molecular weight is 243 g/mol. The minimum Gasteiger partial charge on any atom is -0.481 e. The van der Waals surface area contributed by atoms with E-state index in [1.165, 1.54) is 0 Å². The molecule has 2 N–H and O–H groups in total. The number of carboxylic acids is 1. The van der Waals surface area contributed by atoms with Crippen molar-refractivity contribution in [2.75, 3.05) is 11.5 Å². The summed E-state index contributed by atoms with van der Waals surface area (Å²) in [5, 5.41) is 11.8. The van der Waals surface area contributed by atoms with E-state index < -0.39 is 11.5 Å². The number of rotatable bonds is 4. The number of aliphatic carboxylic acids is 1. The molecule has 1 heterocycles. The standard InChI is InChI=1S/C11H17NO3S/c13-9(14)6-11(3-1-4-11)12-10(15)8-2-5-16-7-8/h8H,1-7H2,(H,12,15)(H,13,14). The second-order valence-electron chi connectivity index (χ2n) is 4.75. The number of amides is 1. The normalized spacial score (nSPS) is 27.1. The lowest BCUT2D eigenvalue weighted by Gasteiger charge is -2.42. The number of carbonyl (C=O) groups is 2. The van der Waals surface area contributed by atoms with E-state index in [1.54, 1.807) is 11.8 Å². The van der Waals surface area contributed by atoms with Crippen LogP contribution in [0.3, 0.4) is 0 Å². The lowest BCUT2D eigenvalue weighted by Crippen LogP contribution is -2.56. The quantitative estimate of drug-likeness (QED) is 0.780. The molecule has 5 heteroatoms. The molecule has 0 aromatic rings. The van der Waals surface area contributed by atoms with Crippen molar-refractivity contribution in [1.29, 1.82) is 0 Å². The van der Waals surface area contributed by atoms with Gasteiger partial charge in [-0.1, -0.05) is 0 Å². The maximum atomic E-state index is 11.9. The zero-order chi connectivity index (χ0) is 11.6. The summed E-state index contributed by atoms with van der Waals surface area (Å²) in [5.74, 6) is 1.27. The molecule has 1 atom stereocenters. The molecule has 1 aliphatic heterocycles. The largest absolute Gasteiger partial charge is 0.481 e. The van der Waals surface area contributed by atoms with Gasteiger partial charge in [-0.15, -0.1) is 0 Å². The van der Waals surface area contributed by atoms with Crippen molar-refractivity contribution in [2.24, 2.45) is 5.92 Å². The van der Waals surface area contributed by atoms with Crippen molar-refractivity contribution in [3.8, 4) is 0 Å². The summed E-state index contributed by atoms with van der Waals surface area (Å²) in [5.41, 5.74) is -0.434. The lowest BCUT2D eigenvalue weighted by atomic mass is 9.74. The Morgan fingerprint density at radius 2 is 2.19 bits per heavy atom. The van der Waals surface area contributed by atoms with Gasteiger partial charge < -0.3 is 10.4 Å². The molecular weight excluding hydrogens is 226 g/mol. The molecule has 1 unspecified atom stereocenters. The minimum absolute atomic E-state index is 0.0611. The molecule has 2 fully saturated rings. The van der Waals surface area contributed by atoms with Gasteiger partial charge in [0.1, 0.15) is 0 Å². The van der Waals surface area contributed by atoms with Gasteiger partial charge in [0, 0.05) is 11.7 Å². The smallest absolute Gasteiger partial charge is 0.305 e. The highest BCUT2D eigenvalue weighted by Gasteiger charge is 2.41. The maximum absolute atomic E-state index is 11.9. The predicted molar refractivity (Wildman–Crippen MR) is 62.4 cm³/mol. The van der Waals surface area contributed by atoms with Gasteiger partial charge in [-0.25, -0.2) is 0 Å². The Bertz CT molecular complexity index is 296. The minimum atomic E-state index is -0.819. The average Bonchev–Trinajstić information content (AvgIpc) is 2.66. The van der Waals surface area contributed by atoms with E-state index in [0.29, 0.717) is 0 Å². The molecule has 0 spiro atoms. The van der Waals surface area contributed by atoms with E-state index >= 15 is 0 Å². The van der Waals surface area contributed by atoms with Crippen molar-refractivity contribution in [1.82, 2.24) is 5.32 Å². The second-order valence-corrected chi connectivity index (χ2v) is 5.90. The van der Waals surface area contributed by atoms with Crippen LogP contribution in [0.25, 0.3) is 0 Å². The van der Waals surface area contributed by atoms with E-state index in [9.17, 15) is 9.59 Å². The number of carbonyl (C=O) groups excluding carboxylic acids is 1. The van der Waals surface area contributed by atoms with E-state index in [0.717, 1.165) is 37.2 Å². The van der Waals surface area contributed by atoms with Crippen LogP contribution in [0.4, 0.5) is 0 Å². The Morgan fingerprint density at radius 1 is 1.44 bits per heavy atom. The summed E-state index contributed by atoms with van der Waals surface area (Å²) < 4.78 is 0. The molecule has 1 aliphatic carbocycles. The van der Waals surface area contributed by atoms with Gasteiger partial charge in [-0.05, 0) is 31.4 Å². The summed E-state index contributed by atoms with van der Waals surface area (Å²) in [6.45, 7) is 0. The fourth-order valence-electron chi connectivity index (χ4n) is 2.34. The highest BCUT2D eigenvalue weighted by atomic mass is 32.2. The molecule has 4 nitrogen and oxygen atoms in total. The zero-order valence-corrected chi connectivity index (χ0v) is 10.0. The van der Waals surface area contributed by atoms with Gasteiger partial charge in [-0.2, -0.15) is 11.8 Å². The van der Waals surface area contributed by atoms with Gasteiger partial charge in [0.25, 0.3) is 0 Å². The monoisotopic (exact) mass is 243 g/mol. The third-order valence-electron chi connectivity index (χ3n) is 3.49. The van der Waals surface area contributed by atoms with Crippen LogP contribution in [-0.4, -0.2) is 34.0 Å². The maximum Gasteiger partial charge on any atom is 0.305 e. The van der Waals surface area contributed by atoms with E-state index in [4.69, 9.17) is 5.11 Å². The van der Waals surface area contributed by atoms with Gasteiger partial charge in [0.15, 0.2) is 0 Å². The van der Waals surface area contributed by atoms with Crippen LogP contribution >= 0.6 is 11.8 Å². The highest BCUT2D eigenvalue weighted by Crippen LogP contribution is 2.36. The van der Waals surface area contributed by atoms with E-state index in [2.05, 4.69) is 5.32 Å². The zero-order valence-electron chi connectivity index (χ0n) is 9.20. The Kier molecular flexibility index (Phi) is 3.42. The van der Waals surface area contributed by atoms with Crippen molar-refractivity contribution >= 4 is 23.6 Å². The first-order valence-electron chi connectivity index (χ1n) is 5.73. The second kappa shape index (κ2) is 4.65. The molecule has 2 rings (SSSR count). The first kappa shape index (κ1) is 11.8. The molecule has 1 amide bonds. The van der Waals surface area contributed by atoms with E-state index in [-0.39, 0.29) is 18.2 Å². The molecular formula is C11H17NO3S. The molecule has 0 bridgehead atoms. The van der Waals surface area contributed by atoms with Gasteiger partial charge in [0.2, 0.25) is 5.91 Å². The number of nitrogens with one attached hydrogen (secondary N) is 1. The lowest BCUT2D eigenvalue weighted by molar-refractivity contribution is -0.140. The first-order chi connectivity index (χ1) is 7.61. The summed E-state index contributed by atoms with van der Waals surface area (Å²) >= 11 is 1.80. The van der Waals surface area contributed by atoms with Crippen molar-refractivity contribution in [2.45, 2.75) is 37.6 Å². The third kappa shape index (κ3) is 2.51. The van der Waals surface area contributed by atoms with Crippen LogP contribution in [0, 0.1) is 5.92 Å². The summed E-state index contributed by atoms with van der Waals surface area (Å²) in [6.07, 6.45) is 3.64. The number of carboxylic acid groups (broad SMARTS) is 1. The van der Waals surface area contributed by atoms with Gasteiger partial charge >= 0.3 is 5.97 Å². The van der Waals surface area contributed by atoms with Crippen molar-refractivity contribution < 1.29 is 14.7 Å². The molecule has 0 aromatic heterocycles. The molecule has 16 heavy (non-hydrogen) atoms. The van der Waals surface area contributed by atoms with Crippen LogP contribution in [0.1, 0.15) is 32.1 Å². The molecule has 0 aromatic carbocycles. The number of hydrogen-bond acceptors (Lipinski definition) is 3. The molecule has 1 saturated carbocycles. The molecule has 1 saturated heterocycles. The highest BCUT2D eigenvalue weighted by molar-refractivity contribution is 7.99. The Labute approximate surface area is 99.2 Å². The van der Waals surface area contributed by atoms with Crippen LogP contribution in [-0.2, 0) is 9.59 Å². The van der Waals surface area contributed by atoms with Crippen LogP contribution < -0.4 is 5.32 Å². The Morgan fingerprint density at radius 3 is 2.62 bits per heavy atom. The third-order valence-corrected chi connectivity index (χ3v) is 4.65. The molecule has 0 radical (unpaired) electrons. The summed E-state index contributed by atoms with van der Waals surface area (Å²) in [4.78, 5) is 22.7. The van der Waals surface area contributed by atoms with Crippen LogP contribution in [0.5, 0.6) is 0 Å². The van der Waals surface area contributed by atoms with Gasteiger partial charge in [0.05, 0.1) is 12.0 Å². The number of hydrogen-bond donors (Lipinski definition) is 2. The summed E-state index contributed by atoms with van der Waals surface area (Å²) in [6, 6.07) is 0. The van der Waals surface area contributed by atoms with Crippen LogP contribution in [0.15, 0.2) is 0 Å². The molecule has 90 valence electrons. The fraction of sp³-hybridized carbons (Fsp3) is 0.818. The molecule has 2 aliphatic rings. The van der Waals surface area contributed by atoms with Crippen molar-refractivity contribution in [3.63, 3.8) is 0 Å². The van der Waals surface area contributed by atoms with Crippen molar-refractivity contribution in [3.05, 3.63) is 0 Å². The fourth-order valence-corrected chi connectivity index (χ4v) is 3.56. The Hall–Kier alpha value is -0.710. The SMILES string of the molecule is O=C(O)CC1(NC(=O)C2CCSC2)CCC1.